The summed E-state index contributed by atoms with van der Waals surface area (Å²) in [5, 5.41) is 0. The number of aryl methyl sites for hydroxylation is 1. The largest absolute Gasteiger partial charge is 0.463 e. The number of ether oxygens (including phenoxy) is 9. The number of rotatable bonds is 14. The molecule has 50 heavy (non-hydrogen) atoms. The minimum Gasteiger partial charge on any atom is -0.463 e. The van der Waals surface area contributed by atoms with E-state index < -0.39 is 108 Å². The maximum Gasteiger partial charge on any atom is 0.303 e. The van der Waals surface area contributed by atoms with Crippen LogP contribution in [-0.2, 0) is 76.6 Å². The summed E-state index contributed by atoms with van der Waals surface area (Å²) < 4.78 is 80.6. The Hall–Kier alpha value is -4.12. The van der Waals surface area contributed by atoms with Crippen molar-refractivity contribution in [3.8, 4) is 12.3 Å². The first-order valence-electron chi connectivity index (χ1n) is 15.4. The Morgan fingerprint density at radius 2 is 1.30 bits per heavy atom. The third kappa shape index (κ3) is 11.7. The molecule has 0 aromatic heterocycles. The predicted octanol–water partition coefficient (Wildman–Crippen LogP) is 0.438. The minimum atomic E-state index is -4.26. The van der Waals surface area contributed by atoms with Gasteiger partial charge in [-0.05, 0) is 19.1 Å². The molecule has 2 saturated heterocycles. The molecule has 0 unspecified atom stereocenters. The maximum atomic E-state index is 13.7. The highest BCUT2D eigenvalue weighted by Crippen LogP contribution is 2.34. The number of benzene rings is 1. The normalized spacial score (nSPS) is 28.0. The molecule has 9 atom stereocenters. The van der Waals surface area contributed by atoms with E-state index in [0.29, 0.717) is 0 Å². The van der Waals surface area contributed by atoms with E-state index in [1.165, 1.54) is 12.1 Å². The molecule has 2 aliphatic rings. The highest BCUT2D eigenvalue weighted by atomic mass is 32.2. The molecule has 3 rings (SSSR count). The lowest BCUT2D eigenvalue weighted by molar-refractivity contribution is -0.337. The number of esters is 5. The Kier molecular flexibility index (Phi) is 14.7. The van der Waals surface area contributed by atoms with Gasteiger partial charge in [0.1, 0.15) is 38.1 Å². The molecule has 1 aromatic carbocycles. The van der Waals surface area contributed by atoms with Gasteiger partial charge in [-0.3, -0.25) is 24.0 Å². The van der Waals surface area contributed by atoms with Crippen molar-refractivity contribution in [1.82, 2.24) is 4.72 Å². The fourth-order valence-corrected chi connectivity index (χ4v) is 6.51. The van der Waals surface area contributed by atoms with Crippen molar-refractivity contribution in [2.24, 2.45) is 0 Å². The molecule has 2 fully saturated rings. The van der Waals surface area contributed by atoms with Crippen LogP contribution >= 0.6 is 0 Å². The second-order valence-corrected chi connectivity index (χ2v) is 13.1. The van der Waals surface area contributed by atoms with Crippen LogP contribution in [0.3, 0.4) is 0 Å². The predicted molar refractivity (Wildman–Crippen MR) is 167 cm³/mol. The number of nitrogens with one attached hydrogen (secondary N) is 1. The van der Waals surface area contributed by atoms with Crippen molar-refractivity contribution < 1.29 is 75.0 Å². The first-order chi connectivity index (χ1) is 23.5. The van der Waals surface area contributed by atoms with Crippen LogP contribution in [0.25, 0.3) is 0 Å². The molecule has 0 bridgehead atoms. The van der Waals surface area contributed by atoms with E-state index in [4.69, 9.17) is 49.1 Å². The number of carbonyl (C=O) groups is 5. The average Bonchev–Trinajstić information content (AvgIpc) is 3.01. The zero-order chi connectivity index (χ0) is 37.2. The first-order valence-corrected chi connectivity index (χ1v) is 16.9. The van der Waals surface area contributed by atoms with Gasteiger partial charge in [-0.15, -0.1) is 6.42 Å². The van der Waals surface area contributed by atoms with Gasteiger partial charge in [-0.1, -0.05) is 23.6 Å². The third-order valence-corrected chi connectivity index (χ3v) is 8.72. The summed E-state index contributed by atoms with van der Waals surface area (Å²) in [5.41, 5.74) is 0.809. The monoisotopic (exact) mass is 727 g/mol. The number of hydrogen-bond acceptors (Lipinski definition) is 16. The molecule has 276 valence electrons. The van der Waals surface area contributed by atoms with Gasteiger partial charge >= 0.3 is 29.8 Å². The molecule has 0 saturated carbocycles. The molecule has 0 radical (unpaired) electrons. The van der Waals surface area contributed by atoms with Gasteiger partial charge in [-0.25, -0.2) is 13.1 Å². The number of hydrogen-bond donors (Lipinski definition) is 1. The number of terminal acetylenes is 1. The lowest BCUT2D eigenvalue weighted by atomic mass is 9.96. The van der Waals surface area contributed by atoms with Gasteiger partial charge in [0, 0.05) is 41.0 Å². The summed E-state index contributed by atoms with van der Waals surface area (Å²) in [5.74, 6) is -1.74. The van der Waals surface area contributed by atoms with Crippen molar-refractivity contribution in [2.45, 2.75) is 108 Å². The summed E-state index contributed by atoms with van der Waals surface area (Å²) in [6.45, 7) is 5.98. The third-order valence-electron chi connectivity index (χ3n) is 7.22. The zero-order valence-electron chi connectivity index (χ0n) is 28.4. The first kappa shape index (κ1) is 40.3. The molecule has 1 aromatic rings. The van der Waals surface area contributed by atoms with Crippen LogP contribution in [0.5, 0.6) is 0 Å². The van der Waals surface area contributed by atoms with Gasteiger partial charge in [-0.2, -0.15) is 0 Å². The molecule has 0 aliphatic carbocycles. The van der Waals surface area contributed by atoms with Crippen LogP contribution in [0.2, 0.25) is 0 Å². The second-order valence-electron chi connectivity index (χ2n) is 11.4. The van der Waals surface area contributed by atoms with Crippen LogP contribution < -0.4 is 4.72 Å². The van der Waals surface area contributed by atoms with E-state index in [1.54, 1.807) is 19.1 Å². The Balaban J connectivity index is 2.13. The smallest absolute Gasteiger partial charge is 0.303 e. The second kappa shape index (κ2) is 18.2. The standard InChI is InChI=1S/C32H41NO16S/c1-8-13-41-27-14-24(33-50(39,40)23-11-9-17(2)10-12-23)28(25(47-27)15-42-18(3)34)49-32-31(46-22(7)38)30(45-21(6)37)29(44-20(5)36)26(48-32)16-43-19(4)35/h1,9-12,24-33H,13-16H2,2-7H3/t24-,25+,26+,27-,28-,29+,30-,31+,32+/m0/s1. The fourth-order valence-electron chi connectivity index (χ4n) is 5.25. The molecule has 1 N–H and O–H groups in total. The van der Waals surface area contributed by atoms with Crippen molar-refractivity contribution in [3.63, 3.8) is 0 Å². The van der Waals surface area contributed by atoms with E-state index in [-0.39, 0.29) is 17.9 Å². The van der Waals surface area contributed by atoms with Crippen LogP contribution in [0, 0.1) is 19.3 Å². The topological polar surface area (TPSA) is 215 Å². The molecule has 17 nitrogen and oxygen atoms in total. The van der Waals surface area contributed by atoms with E-state index in [0.717, 1.165) is 40.2 Å². The summed E-state index contributed by atoms with van der Waals surface area (Å²) in [6.07, 6.45) is -6.41. The molecular weight excluding hydrogens is 686 g/mol. The van der Waals surface area contributed by atoms with Crippen molar-refractivity contribution in [3.05, 3.63) is 29.8 Å². The Morgan fingerprint density at radius 3 is 1.82 bits per heavy atom. The van der Waals surface area contributed by atoms with Crippen molar-refractivity contribution >= 4 is 39.9 Å². The summed E-state index contributed by atoms with van der Waals surface area (Å²) in [6, 6.07) is 4.79. The lowest BCUT2D eigenvalue weighted by Gasteiger charge is -2.47. The van der Waals surface area contributed by atoms with Crippen LogP contribution in [0.4, 0.5) is 0 Å². The molecule has 2 aliphatic heterocycles. The van der Waals surface area contributed by atoms with E-state index >= 15 is 0 Å². The zero-order valence-corrected chi connectivity index (χ0v) is 29.2. The summed E-state index contributed by atoms with van der Waals surface area (Å²) in [4.78, 5) is 60.3. The number of sulfonamides is 1. The van der Waals surface area contributed by atoms with Crippen molar-refractivity contribution in [2.75, 3.05) is 19.8 Å². The SMILES string of the molecule is C#CCO[C@@H]1C[C@H](NS(=O)(=O)c2ccc(C)cc2)[C@H](O[C@H]2O[C@H](COC(C)=O)[C@@H](OC(C)=O)[C@H](OC(C)=O)[C@H]2OC(C)=O)[C@@H](COC(C)=O)O1. The summed E-state index contributed by atoms with van der Waals surface area (Å²) >= 11 is 0. The average molecular weight is 728 g/mol. The minimum absolute atomic E-state index is 0.0849. The van der Waals surface area contributed by atoms with Crippen LogP contribution in [-0.4, -0.2) is 113 Å². The molecule has 0 spiro atoms. The van der Waals surface area contributed by atoms with Gasteiger partial charge in [0.15, 0.2) is 30.9 Å². The summed E-state index contributed by atoms with van der Waals surface area (Å²) in [7, 11) is -4.26. The Labute approximate surface area is 289 Å². The molecule has 18 heteroatoms. The van der Waals surface area contributed by atoms with Gasteiger partial charge < -0.3 is 42.6 Å². The van der Waals surface area contributed by atoms with Gasteiger partial charge in [0.05, 0.1) is 10.9 Å². The maximum absolute atomic E-state index is 13.7. The van der Waals surface area contributed by atoms with E-state index in [9.17, 15) is 32.4 Å². The highest BCUT2D eigenvalue weighted by Gasteiger charge is 2.55. The van der Waals surface area contributed by atoms with Crippen LogP contribution in [0.1, 0.15) is 46.6 Å². The van der Waals surface area contributed by atoms with E-state index in [1.807, 2.05) is 0 Å². The van der Waals surface area contributed by atoms with Crippen molar-refractivity contribution in [1.29, 1.82) is 0 Å². The Bertz CT molecular complexity index is 1520. The van der Waals surface area contributed by atoms with Crippen LogP contribution in [0.15, 0.2) is 29.2 Å². The molecular formula is C32H41NO16S. The fraction of sp³-hybridized carbons (Fsp3) is 0.594. The highest BCUT2D eigenvalue weighted by molar-refractivity contribution is 7.89. The Morgan fingerprint density at radius 1 is 0.780 bits per heavy atom. The van der Waals surface area contributed by atoms with E-state index in [2.05, 4.69) is 10.6 Å². The lowest BCUT2D eigenvalue weighted by Crippen LogP contribution is -2.66. The molecule has 0 amide bonds. The molecule has 2 heterocycles. The quantitative estimate of drug-likeness (QED) is 0.156. The van der Waals surface area contributed by atoms with Gasteiger partial charge in [0.2, 0.25) is 10.0 Å². The number of carbonyl (C=O) groups excluding carboxylic acids is 5. The van der Waals surface area contributed by atoms with Gasteiger partial charge in [0.25, 0.3) is 0 Å².